The van der Waals surface area contributed by atoms with Crippen LogP contribution in [0.25, 0.3) is 21.3 Å². The third-order valence-electron chi connectivity index (χ3n) is 11.9. The van der Waals surface area contributed by atoms with E-state index in [0.717, 1.165) is 83.6 Å². The molecule has 304 valence electrons. The third-order valence-corrected chi connectivity index (χ3v) is 13.6. The van der Waals surface area contributed by atoms with Crippen LogP contribution in [0.1, 0.15) is 89.5 Å². The number of nitrogens with zero attached hydrogens (tertiary/aromatic N) is 6. The first kappa shape index (κ1) is 40.0. The van der Waals surface area contributed by atoms with Crippen LogP contribution in [0.5, 0.6) is 0 Å². The number of likely N-dealkylation sites (tertiary alicyclic amines) is 1. The summed E-state index contributed by atoms with van der Waals surface area (Å²) in [5.74, 6) is 1.43. The molecule has 1 aliphatic carbocycles. The number of carbonyl (C=O) groups excluding carboxylic acids is 3. The van der Waals surface area contributed by atoms with Gasteiger partial charge in [-0.05, 0) is 118 Å². The molecule has 2 N–H and O–H groups in total. The van der Waals surface area contributed by atoms with E-state index in [1.54, 1.807) is 0 Å². The number of hydrogen-bond acceptors (Lipinski definition) is 11. The molecule has 1 saturated carbocycles. The fourth-order valence-electron chi connectivity index (χ4n) is 8.60. The lowest BCUT2D eigenvalue weighted by Crippen LogP contribution is -2.38. The van der Waals surface area contributed by atoms with Gasteiger partial charge in [-0.1, -0.05) is 54.9 Å². The summed E-state index contributed by atoms with van der Waals surface area (Å²) in [4.78, 5) is 54.3. The highest BCUT2D eigenvalue weighted by Crippen LogP contribution is 2.33. The monoisotopic (exact) mass is 820 g/mol. The van der Waals surface area contributed by atoms with Gasteiger partial charge in [0.2, 0.25) is 0 Å². The molecule has 2 fully saturated rings. The average Bonchev–Trinajstić information content (AvgIpc) is 3.84. The fourth-order valence-corrected chi connectivity index (χ4v) is 10.1. The van der Waals surface area contributed by atoms with Crippen molar-refractivity contribution < 1.29 is 19.1 Å². The Bertz CT molecular complexity index is 2230. The topological polar surface area (TPSA) is 135 Å². The van der Waals surface area contributed by atoms with Gasteiger partial charge in [-0.15, -0.1) is 0 Å². The van der Waals surface area contributed by atoms with Crippen molar-refractivity contribution >= 4 is 62.2 Å². The largest absolute Gasteiger partial charge is 0.466 e. The van der Waals surface area contributed by atoms with Gasteiger partial charge in [0.05, 0.1) is 28.9 Å². The summed E-state index contributed by atoms with van der Waals surface area (Å²) in [5.41, 5.74) is 6.60. The molecule has 14 heteroatoms. The molecule has 5 heterocycles. The van der Waals surface area contributed by atoms with Gasteiger partial charge in [-0.25, -0.2) is 9.97 Å². The molecule has 0 unspecified atom stereocenters. The maximum Gasteiger partial charge on any atom is 0.309 e. The number of carbonyl (C=O) groups is 3. The van der Waals surface area contributed by atoms with Crippen LogP contribution < -0.4 is 14.9 Å². The van der Waals surface area contributed by atoms with E-state index in [4.69, 9.17) is 14.8 Å². The molecule has 2 aromatic carbocycles. The minimum Gasteiger partial charge on any atom is -0.466 e. The van der Waals surface area contributed by atoms with Crippen LogP contribution in [0.15, 0.2) is 60.8 Å². The number of anilines is 2. The van der Waals surface area contributed by atoms with E-state index in [1.165, 1.54) is 55.4 Å². The van der Waals surface area contributed by atoms with Gasteiger partial charge >= 0.3 is 5.97 Å². The summed E-state index contributed by atoms with van der Waals surface area (Å²) in [6.07, 6.45) is 10.5. The number of benzene rings is 2. The van der Waals surface area contributed by atoms with E-state index in [-0.39, 0.29) is 23.7 Å². The van der Waals surface area contributed by atoms with E-state index in [1.807, 2.05) is 61.7 Å². The smallest absolute Gasteiger partial charge is 0.309 e. The van der Waals surface area contributed by atoms with Crippen molar-refractivity contribution in [2.45, 2.75) is 78.3 Å². The normalized spacial score (nSPS) is 16.6. The zero-order valence-electron chi connectivity index (χ0n) is 33.4. The molecule has 8 rings (SSSR count). The standard InChI is InChI=1S/C44H52N8O4S2/c1-3-56-43(55)32-18-21-50(22-19-32)24-25-57-49-42(54)40-33(35-26-45-52(29(35)2)27-30-10-5-4-6-11-30)16-17-39(47-40)51-23-20-31-12-9-13-34(36(31)28-51)41(53)48-44-46-37-14-7-8-15-38(37)58-44/h7-9,12-17,26,30,32H,3-6,10-11,18-25,27-28H2,1-2H3,(H,49,54)(H,46,48,53). The molecule has 0 radical (unpaired) electrons. The summed E-state index contributed by atoms with van der Waals surface area (Å²) in [6, 6.07) is 17.8. The second kappa shape index (κ2) is 18.4. The number of para-hydroxylation sites is 1. The van der Waals surface area contributed by atoms with Crippen molar-refractivity contribution in [1.82, 2.24) is 29.4 Å². The first-order chi connectivity index (χ1) is 28.3. The lowest BCUT2D eigenvalue weighted by molar-refractivity contribution is -0.149. The number of rotatable bonds is 13. The summed E-state index contributed by atoms with van der Waals surface area (Å²) in [6.45, 7) is 8.87. The van der Waals surface area contributed by atoms with Crippen molar-refractivity contribution in [2.75, 3.05) is 48.8 Å². The zero-order chi connectivity index (χ0) is 40.0. The van der Waals surface area contributed by atoms with Crippen LogP contribution in [0.4, 0.5) is 10.9 Å². The fraction of sp³-hybridized carbons (Fsp3) is 0.455. The van der Waals surface area contributed by atoms with Crippen LogP contribution in [0, 0.1) is 18.8 Å². The Morgan fingerprint density at radius 2 is 1.74 bits per heavy atom. The molecule has 0 spiro atoms. The van der Waals surface area contributed by atoms with Crippen LogP contribution in [0.2, 0.25) is 0 Å². The second-order valence-electron chi connectivity index (χ2n) is 15.6. The first-order valence-electron chi connectivity index (χ1n) is 20.7. The Kier molecular flexibility index (Phi) is 12.7. The maximum absolute atomic E-state index is 14.2. The molecule has 12 nitrogen and oxygen atoms in total. The van der Waals surface area contributed by atoms with Crippen LogP contribution in [0.3, 0.4) is 0 Å². The van der Waals surface area contributed by atoms with Crippen LogP contribution >= 0.6 is 23.3 Å². The summed E-state index contributed by atoms with van der Waals surface area (Å²) in [7, 11) is 0. The van der Waals surface area contributed by atoms with Gasteiger partial charge in [-0.2, -0.15) is 5.10 Å². The number of hydrogen-bond donors (Lipinski definition) is 2. The van der Waals surface area contributed by atoms with Crippen LogP contribution in [-0.2, 0) is 29.0 Å². The van der Waals surface area contributed by atoms with Crippen LogP contribution in [-0.4, -0.2) is 81.0 Å². The molecule has 5 aromatic rings. The van der Waals surface area contributed by atoms with Crippen molar-refractivity contribution in [1.29, 1.82) is 0 Å². The van der Waals surface area contributed by atoms with E-state index in [9.17, 15) is 14.4 Å². The van der Waals surface area contributed by atoms with E-state index >= 15 is 0 Å². The van der Waals surface area contributed by atoms with Crippen molar-refractivity contribution in [2.24, 2.45) is 11.8 Å². The first-order valence-corrected chi connectivity index (χ1v) is 22.5. The average molecular weight is 821 g/mol. The Morgan fingerprint density at radius 3 is 2.55 bits per heavy atom. The predicted octanol–water partition coefficient (Wildman–Crippen LogP) is 7.91. The number of nitrogens with one attached hydrogen (secondary N) is 2. The number of esters is 1. The highest BCUT2D eigenvalue weighted by molar-refractivity contribution is 7.97. The van der Waals surface area contributed by atoms with E-state index < -0.39 is 0 Å². The third kappa shape index (κ3) is 9.08. The Balaban J connectivity index is 0.996. The molecule has 58 heavy (non-hydrogen) atoms. The minimum atomic E-state index is -0.254. The number of fused-ring (bicyclic) bond motifs is 2. The molecule has 3 aliphatic rings. The Hall–Kier alpha value is -4.79. The second-order valence-corrected chi connectivity index (χ2v) is 17.5. The van der Waals surface area contributed by atoms with Gasteiger partial charge in [0, 0.05) is 54.3 Å². The number of pyridine rings is 1. The predicted molar refractivity (Wildman–Crippen MR) is 231 cm³/mol. The number of aromatic nitrogens is 4. The molecule has 1 saturated heterocycles. The highest BCUT2D eigenvalue weighted by Gasteiger charge is 2.28. The minimum absolute atomic E-state index is 0.0302. The lowest BCUT2D eigenvalue weighted by atomic mass is 9.89. The van der Waals surface area contributed by atoms with Gasteiger partial charge in [0.25, 0.3) is 11.8 Å². The highest BCUT2D eigenvalue weighted by atomic mass is 32.2. The SMILES string of the molecule is CCOC(=O)C1CCN(CCSNC(=O)c2nc(N3CCc4cccc(C(=O)Nc5nc6ccccc6s5)c4C3)ccc2-c2cnn(CC3CCCCC3)c2C)CC1. The molecule has 0 atom stereocenters. The number of piperidine rings is 1. The van der Waals surface area contributed by atoms with Crippen molar-refractivity contribution in [3.05, 3.63) is 88.9 Å². The summed E-state index contributed by atoms with van der Waals surface area (Å²) in [5, 5.41) is 8.42. The summed E-state index contributed by atoms with van der Waals surface area (Å²) >= 11 is 2.84. The van der Waals surface area contributed by atoms with E-state index in [0.29, 0.717) is 53.6 Å². The lowest BCUT2D eigenvalue weighted by Gasteiger charge is -2.31. The number of amides is 2. The molecule has 3 aromatic heterocycles. The zero-order valence-corrected chi connectivity index (χ0v) is 35.0. The van der Waals surface area contributed by atoms with Crippen molar-refractivity contribution in [3.8, 4) is 11.1 Å². The number of ether oxygens (including phenoxy) is 1. The molecular formula is C44H52N8O4S2. The molecule has 2 aliphatic heterocycles. The summed E-state index contributed by atoms with van der Waals surface area (Å²) < 4.78 is 11.5. The molecule has 0 bridgehead atoms. The van der Waals surface area contributed by atoms with Crippen molar-refractivity contribution in [3.63, 3.8) is 0 Å². The Morgan fingerprint density at radius 1 is 0.914 bits per heavy atom. The molecular weight excluding hydrogens is 769 g/mol. The van der Waals surface area contributed by atoms with Gasteiger partial charge < -0.3 is 14.5 Å². The van der Waals surface area contributed by atoms with Gasteiger partial charge in [-0.3, -0.25) is 29.1 Å². The molecule has 2 amide bonds. The number of thiazole rings is 1. The van der Waals surface area contributed by atoms with Gasteiger partial charge in [0.1, 0.15) is 11.5 Å². The maximum atomic E-state index is 14.2. The quantitative estimate of drug-likeness (QED) is 0.0686. The Labute approximate surface area is 348 Å². The van der Waals surface area contributed by atoms with E-state index in [2.05, 4.69) is 42.5 Å². The van der Waals surface area contributed by atoms with Gasteiger partial charge in [0.15, 0.2) is 5.13 Å².